The Morgan fingerprint density at radius 3 is 2.81 bits per heavy atom. The summed E-state index contributed by atoms with van der Waals surface area (Å²) in [5.41, 5.74) is 0.0983. The second kappa shape index (κ2) is 4.56. The van der Waals surface area contributed by atoms with Crippen LogP contribution in [0.1, 0.15) is 23.0 Å². The second-order valence-corrected chi connectivity index (χ2v) is 3.53. The molecule has 0 atom stereocenters. The molecule has 1 aromatic rings. The van der Waals surface area contributed by atoms with Gasteiger partial charge in [-0.05, 0) is 0 Å². The molecule has 1 N–H and O–H groups in total. The number of carbonyl (C=O) groups is 1. The van der Waals surface area contributed by atoms with Crippen LogP contribution in [0.2, 0.25) is 0 Å². The molecule has 0 fully saturated rings. The predicted octanol–water partition coefficient (Wildman–Crippen LogP) is 1.29. The summed E-state index contributed by atoms with van der Waals surface area (Å²) in [5.74, 6) is -4.09. The normalized spacial score (nSPS) is 11.8. The average Bonchev–Trinajstić information content (AvgIpc) is 2.44. The third-order valence-corrected chi connectivity index (χ3v) is 1.73. The highest BCUT2D eigenvalue weighted by Crippen LogP contribution is 2.14. The van der Waals surface area contributed by atoms with E-state index >= 15 is 0 Å². The summed E-state index contributed by atoms with van der Waals surface area (Å²) in [6, 6.07) is 0. The zero-order chi connectivity index (χ0) is 12.3. The van der Waals surface area contributed by atoms with Crippen molar-refractivity contribution in [3.05, 3.63) is 17.5 Å². The lowest BCUT2D eigenvalue weighted by atomic mass is 10.2. The highest BCUT2D eigenvalue weighted by atomic mass is 19.3. The van der Waals surface area contributed by atoms with Crippen LogP contribution < -0.4 is 0 Å². The van der Waals surface area contributed by atoms with Crippen LogP contribution >= 0.6 is 0 Å². The number of carboxylic acids is 1. The van der Waals surface area contributed by atoms with E-state index in [1.54, 1.807) is 7.05 Å². The van der Waals surface area contributed by atoms with Crippen molar-refractivity contribution in [2.45, 2.75) is 19.5 Å². The molecule has 0 saturated heterocycles. The Hall–Kier alpha value is -1.50. The first-order valence-electron chi connectivity index (χ1n) is 4.51. The Kier molecular flexibility index (Phi) is 3.58. The molecule has 5 nitrogen and oxygen atoms in total. The maximum absolute atomic E-state index is 12.4. The van der Waals surface area contributed by atoms with E-state index in [9.17, 15) is 13.6 Å². The lowest BCUT2D eigenvalue weighted by Crippen LogP contribution is -2.19. The van der Waals surface area contributed by atoms with Gasteiger partial charge in [-0.15, -0.1) is 0 Å². The summed E-state index contributed by atoms with van der Waals surface area (Å²) in [7, 11) is 1.55. The van der Waals surface area contributed by atoms with Crippen molar-refractivity contribution in [1.82, 2.24) is 9.78 Å². The number of rotatable bonds is 5. The number of ether oxygens (including phenoxy) is 1. The van der Waals surface area contributed by atoms with Crippen molar-refractivity contribution in [3.63, 3.8) is 0 Å². The molecule has 1 aromatic heterocycles. The molecule has 0 saturated carbocycles. The van der Waals surface area contributed by atoms with Crippen LogP contribution in [0.4, 0.5) is 8.78 Å². The fourth-order valence-corrected chi connectivity index (χ4v) is 1.15. The largest absolute Gasteiger partial charge is 0.478 e. The molecule has 0 bridgehead atoms. The van der Waals surface area contributed by atoms with Crippen LogP contribution in [0.15, 0.2) is 6.20 Å². The van der Waals surface area contributed by atoms with E-state index in [2.05, 4.69) is 5.10 Å². The van der Waals surface area contributed by atoms with Gasteiger partial charge < -0.3 is 9.84 Å². The lowest BCUT2D eigenvalue weighted by Gasteiger charge is -2.09. The van der Waals surface area contributed by atoms with Crippen molar-refractivity contribution in [3.8, 4) is 0 Å². The number of nitrogens with zero attached hydrogens (tertiary/aromatic N) is 2. The Morgan fingerprint density at radius 2 is 2.31 bits per heavy atom. The number of hydrogen-bond acceptors (Lipinski definition) is 3. The van der Waals surface area contributed by atoms with E-state index in [4.69, 9.17) is 9.84 Å². The van der Waals surface area contributed by atoms with E-state index < -0.39 is 18.5 Å². The number of halogens is 2. The van der Waals surface area contributed by atoms with Crippen LogP contribution in [-0.4, -0.2) is 33.4 Å². The molecule has 16 heavy (non-hydrogen) atoms. The van der Waals surface area contributed by atoms with Crippen molar-refractivity contribution in [2.75, 3.05) is 6.61 Å². The third-order valence-electron chi connectivity index (χ3n) is 1.73. The fourth-order valence-electron chi connectivity index (χ4n) is 1.15. The van der Waals surface area contributed by atoms with E-state index in [-0.39, 0.29) is 17.9 Å². The molecule has 0 unspecified atom stereocenters. The van der Waals surface area contributed by atoms with E-state index in [1.807, 2.05) is 0 Å². The van der Waals surface area contributed by atoms with Gasteiger partial charge in [0.05, 0.1) is 6.61 Å². The minimum Gasteiger partial charge on any atom is -0.478 e. The van der Waals surface area contributed by atoms with Crippen molar-refractivity contribution in [1.29, 1.82) is 0 Å². The van der Waals surface area contributed by atoms with Gasteiger partial charge in [-0.3, -0.25) is 4.68 Å². The number of aromatic nitrogens is 2. The van der Waals surface area contributed by atoms with Crippen molar-refractivity contribution >= 4 is 5.97 Å². The van der Waals surface area contributed by atoms with E-state index in [0.29, 0.717) is 0 Å². The van der Waals surface area contributed by atoms with Crippen LogP contribution in [-0.2, 0) is 18.4 Å². The van der Waals surface area contributed by atoms with Gasteiger partial charge in [0.15, 0.2) is 0 Å². The van der Waals surface area contributed by atoms with Crippen molar-refractivity contribution in [2.24, 2.45) is 7.05 Å². The highest BCUT2D eigenvalue weighted by Gasteiger charge is 2.22. The Bertz CT molecular complexity index is 385. The number of hydrogen-bond donors (Lipinski definition) is 1. The molecule has 7 heteroatoms. The Labute approximate surface area is 90.6 Å². The number of aromatic carboxylic acids is 1. The molecule has 90 valence electrons. The lowest BCUT2D eigenvalue weighted by molar-refractivity contribution is -0.0680. The van der Waals surface area contributed by atoms with Gasteiger partial charge in [0.25, 0.3) is 5.92 Å². The van der Waals surface area contributed by atoms with E-state index in [1.165, 1.54) is 10.9 Å². The average molecular weight is 234 g/mol. The molecule has 0 spiro atoms. The summed E-state index contributed by atoms with van der Waals surface area (Å²) in [5, 5.41) is 12.6. The van der Waals surface area contributed by atoms with Gasteiger partial charge >= 0.3 is 5.97 Å². The van der Waals surface area contributed by atoms with E-state index in [0.717, 1.165) is 6.92 Å². The van der Waals surface area contributed by atoms with Crippen LogP contribution in [0.5, 0.6) is 0 Å². The highest BCUT2D eigenvalue weighted by molar-refractivity contribution is 5.88. The molecule has 1 rings (SSSR count). The van der Waals surface area contributed by atoms with Gasteiger partial charge in [-0.1, -0.05) is 0 Å². The van der Waals surface area contributed by atoms with Gasteiger partial charge in [0.2, 0.25) is 0 Å². The monoisotopic (exact) mass is 234 g/mol. The van der Waals surface area contributed by atoms with Gasteiger partial charge in [-0.25, -0.2) is 13.6 Å². The zero-order valence-corrected chi connectivity index (χ0v) is 8.91. The van der Waals surface area contributed by atoms with Crippen molar-refractivity contribution < 1.29 is 23.4 Å². The van der Waals surface area contributed by atoms with Gasteiger partial charge in [0.1, 0.15) is 17.9 Å². The third kappa shape index (κ3) is 3.58. The fraction of sp³-hybridized carbons (Fsp3) is 0.556. The smallest absolute Gasteiger partial charge is 0.339 e. The minimum absolute atomic E-state index is 0.0399. The molecule has 0 aromatic carbocycles. The number of aryl methyl sites for hydroxylation is 1. The van der Waals surface area contributed by atoms with Crippen LogP contribution in [0.25, 0.3) is 0 Å². The molecular formula is C9H12F2N2O3. The first kappa shape index (κ1) is 12.6. The topological polar surface area (TPSA) is 64.4 Å². The molecule has 0 amide bonds. The quantitative estimate of drug-likeness (QED) is 0.833. The SMILES string of the molecule is Cn1cc(C(=O)O)c(COCC(C)(F)F)n1. The predicted molar refractivity (Wildman–Crippen MR) is 50.4 cm³/mol. The molecule has 1 heterocycles. The molecule has 0 radical (unpaired) electrons. The summed E-state index contributed by atoms with van der Waals surface area (Å²) >= 11 is 0. The molecule has 0 aliphatic rings. The maximum Gasteiger partial charge on any atom is 0.339 e. The first-order valence-corrected chi connectivity index (χ1v) is 4.51. The standard InChI is InChI=1S/C9H12F2N2O3/c1-9(10,11)5-16-4-7-6(8(14)15)3-13(2)12-7/h3H,4-5H2,1-2H3,(H,14,15). The Balaban J connectivity index is 2.63. The maximum atomic E-state index is 12.4. The molecular weight excluding hydrogens is 222 g/mol. The number of carboxylic acid groups (broad SMARTS) is 1. The van der Waals surface area contributed by atoms with Gasteiger partial charge in [0, 0.05) is 20.2 Å². The summed E-state index contributed by atoms with van der Waals surface area (Å²) in [6.07, 6.45) is 1.30. The molecule has 0 aliphatic carbocycles. The summed E-state index contributed by atoms with van der Waals surface area (Å²) in [6.45, 7) is -0.280. The molecule has 0 aliphatic heterocycles. The summed E-state index contributed by atoms with van der Waals surface area (Å²) < 4.78 is 30.8. The van der Waals surface area contributed by atoms with Crippen LogP contribution in [0.3, 0.4) is 0 Å². The Morgan fingerprint density at radius 1 is 1.69 bits per heavy atom. The van der Waals surface area contributed by atoms with Crippen LogP contribution in [0, 0.1) is 0 Å². The second-order valence-electron chi connectivity index (χ2n) is 3.53. The minimum atomic E-state index is -2.93. The zero-order valence-electron chi connectivity index (χ0n) is 8.91. The van der Waals surface area contributed by atoms with Gasteiger partial charge in [-0.2, -0.15) is 5.10 Å². The number of alkyl halides is 2. The summed E-state index contributed by atoms with van der Waals surface area (Å²) in [4.78, 5) is 10.7. The first-order chi connectivity index (χ1) is 7.29.